The Bertz CT molecular complexity index is 542. The van der Waals surface area contributed by atoms with Crippen LogP contribution in [0.1, 0.15) is 44.6 Å². The molecule has 0 amide bonds. The molecule has 1 aliphatic rings. The number of aromatic nitrogens is 2. The third-order valence-electron chi connectivity index (χ3n) is 3.70. The van der Waals surface area contributed by atoms with Crippen molar-refractivity contribution in [3.8, 4) is 0 Å². The number of hydrogen-bond donors (Lipinski definition) is 0. The molecule has 2 heterocycles. The van der Waals surface area contributed by atoms with Crippen molar-refractivity contribution >= 4 is 10.0 Å². The van der Waals surface area contributed by atoms with Gasteiger partial charge in [-0.25, -0.2) is 17.7 Å². The SMILES string of the molecule is CCCn1c(C)cnc1C1CN(S(=O)(=O)C(C)C)C1. The Morgan fingerprint density at radius 3 is 2.58 bits per heavy atom. The largest absolute Gasteiger partial charge is 0.332 e. The van der Waals surface area contributed by atoms with Gasteiger partial charge in [-0.15, -0.1) is 0 Å². The summed E-state index contributed by atoms with van der Waals surface area (Å²) in [7, 11) is -3.10. The molecule has 0 radical (unpaired) electrons. The molecule has 108 valence electrons. The zero-order valence-electron chi connectivity index (χ0n) is 12.1. The van der Waals surface area contributed by atoms with Crippen molar-refractivity contribution in [1.29, 1.82) is 0 Å². The van der Waals surface area contributed by atoms with Gasteiger partial charge in [0.25, 0.3) is 0 Å². The van der Waals surface area contributed by atoms with Crippen LogP contribution in [0.15, 0.2) is 6.20 Å². The zero-order valence-corrected chi connectivity index (χ0v) is 12.9. The van der Waals surface area contributed by atoms with Gasteiger partial charge in [-0.1, -0.05) is 6.92 Å². The highest BCUT2D eigenvalue weighted by Crippen LogP contribution is 2.30. The van der Waals surface area contributed by atoms with E-state index in [1.54, 1.807) is 18.2 Å². The van der Waals surface area contributed by atoms with Crippen molar-refractivity contribution in [2.75, 3.05) is 13.1 Å². The Balaban J connectivity index is 2.09. The Hall–Kier alpha value is -0.880. The van der Waals surface area contributed by atoms with Crippen LogP contribution in [0.25, 0.3) is 0 Å². The molecule has 0 spiro atoms. The summed E-state index contributed by atoms with van der Waals surface area (Å²) < 4.78 is 27.8. The van der Waals surface area contributed by atoms with Gasteiger partial charge in [0.15, 0.2) is 0 Å². The summed E-state index contributed by atoms with van der Waals surface area (Å²) in [6.07, 6.45) is 2.94. The van der Waals surface area contributed by atoms with Gasteiger partial charge in [0.2, 0.25) is 10.0 Å². The molecule has 5 nitrogen and oxygen atoms in total. The minimum Gasteiger partial charge on any atom is -0.332 e. The Morgan fingerprint density at radius 2 is 2.05 bits per heavy atom. The third-order valence-corrected chi connectivity index (χ3v) is 5.91. The third kappa shape index (κ3) is 2.56. The second kappa shape index (κ2) is 5.25. The molecule has 0 bridgehead atoms. The highest BCUT2D eigenvalue weighted by atomic mass is 32.2. The molecule has 0 aliphatic carbocycles. The van der Waals surface area contributed by atoms with Crippen LogP contribution in [0, 0.1) is 6.92 Å². The first-order chi connectivity index (χ1) is 8.87. The summed E-state index contributed by atoms with van der Waals surface area (Å²) in [4.78, 5) is 4.46. The standard InChI is InChI=1S/C13H23N3O2S/c1-5-6-16-11(4)7-14-13(16)12-8-15(9-12)19(17,18)10(2)3/h7,10,12H,5-6,8-9H2,1-4H3. The molecule has 0 aromatic carbocycles. The van der Waals surface area contributed by atoms with Gasteiger partial charge in [0.05, 0.1) is 5.25 Å². The van der Waals surface area contributed by atoms with Crippen molar-refractivity contribution < 1.29 is 8.42 Å². The van der Waals surface area contributed by atoms with Crippen LogP contribution in [0.3, 0.4) is 0 Å². The highest BCUT2D eigenvalue weighted by molar-refractivity contribution is 7.89. The van der Waals surface area contributed by atoms with Crippen molar-refractivity contribution in [2.45, 2.75) is 51.8 Å². The maximum absolute atomic E-state index is 12.0. The minimum absolute atomic E-state index is 0.244. The molecule has 1 aromatic rings. The second-order valence-electron chi connectivity index (χ2n) is 5.52. The molecule has 19 heavy (non-hydrogen) atoms. The molecule has 1 aliphatic heterocycles. The van der Waals surface area contributed by atoms with Gasteiger partial charge in [0, 0.05) is 37.4 Å². The van der Waals surface area contributed by atoms with E-state index in [-0.39, 0.29) is 11.2 Å². The summed E-state index contributed by atoms with van der Waals surface area (Å²) in [6.45, 7) is 9.73. The molecule has 0 N–H and O–H groups in total. The first-order valence-electron chi connectivity index (χ1n) is 6.88. The summed E-state index contributed by atoms with van der Waals surface area (Å²) in [5.41, 5.74) is 1.15. The molecule has 6 heteroatoms. The van der Waals surface area contributed by atoms with E-state index in [1.807, 2.05) is 13.1 Å². The number of rotatable bonds is 5. The van der Waals surface area contributed by atoms with Crippen molar-refractivity contribution in [2.24, 2.45) is 0 Å². The first-order valence-corrected chi connectivity index (χ1v) is 8.39. The van der Waals surface area contributed by atoms with E-state index in [0.717, 1.165) is 24.5 Å². The maximum Gasteiger partial charge on any atom is 0.216 e. The molecule has 0 atom stereocenters. The average molecular weight is 285 g/mol. The van der Waals surface area contributed by atoms with Gasteiger partial charge in [-0.05, 0) is 27.2 Å². The van der Waals surface area contributed by atoms with Gasteiger partial charge in [-0.2, -0.15) is 0 Å². The first kappa shape index (κ1) is 14.5. The lowest BCUT2D eigenvalue weighted by atomic mass is 10.0. The van der Waals surface area contributed by atoms with Crippen LogP contribution in [-0.2, 0) is 16.6 Å². The predicted octanol–water partition coefficient (Wildman–Crippen LogP) is 1.74. The number of imidazole rings is 1. The predicted molar refractivity (Wildman–Crippen MR) is 75.6 cm³/mol. The van der Waals surface area contributed by atoms with Gasteiger partial charge < -0.3 is 4.57 Å². The van der Waals surface area contributed by atoms with E-state index in [9.17, 15) is 8.42 Å². The lowest BCUT2D eigenvalue weighted by Crippen LogP contribution is -2.51. The minimum atomic E-state index is -3.10. The van der Waals surface area contributed by atoms with E-state index in [2.05, 4.69) is 16.5 Å². The fourth-order valence-corrected chi connectivity index (χ4v) is 3.80. The van der Waals surface area contributed by atoms with E-state index < -0.39 is 10.0 Å². The fourth-order valence-electron chi connectivity index (χ4n) is 2.43. The average Bonchev–Trinajstić information content (AvgIpc) is 2.60. The Kier molecular flexibility index (Phi) is 4.01. The van der Waals surface area contributed by atoms with E-state index in [1.165, 1.54) is 0 Å². The van der Waals surface area contributed by atoms with Crippen molar-refractivity contribution in [3.05, 3.63) is 17.7 Å². The van der Waals surface area contributed by atoms with Crippen LogP contribution in [0.4, 0.5) is 0 Å². The Morgan fingerprint density at radius 1 is 1.42 bits per heavy atom. The molecule has 1 aromatic heterocycles. The van der Waals surface area contributed by atoms with E-state index in [4.69, 9.17) is 0 Å². The smallest absolute Gasteiger partial charge is 0.216 e. The zero-order chi connectivity index (χ0) is 14.2. The quantitative estimate of drug-likeness (QED) is 0.828. The van der Waals surface area contributed by atoms with E-state index >= 15 is 0 Å². The molecule has 1 fully saturated rings. The van der Waals surface area contributed by atoms with Gasteiger partial charge >= 0.3 is 0 Å². The molecular formula is C13H23N3O2S. The van der Waals surface area contributed by atoms with Crippen LogP contribution in [0.2, 0.25) is 0 Å². The highest BCUT2D eigenvalue weighted by Gasteiger charge is 2.39. The number of sulfonamides is 1. The molecule has 0 unspecified atom stereocenters. The number of nitrogens with zero attached hydrogens (tertiary/aromatic N) is 3. The Labute approximate surface area is 115 Å². The van der Waals surface area contributed by atoms with Crippen molar-refractivity contribution in [3.63, 3.8) is 0 Å². The fraction of sp³-hybridized carbons (Fsp3) is 0.769. The van der Waals surface area contributed by atoms with Crippen LogP contribution in [-0.4, -0.2) is 40.6 Å². The number of aryl methyl sites for hydroxylation is 1. The summed E-state index contributed by atoms with van der Waals surface area (Å²) >= 11 is 0. The lowest BCUT2D eigenvalue weighted by molar-refractivity contribution is 0.249. The molecule has 0 saturated carbocycles. The second-order valence-corrected chi connectivity index (χ2v) is 8.01. The normalized spacial score (nSPS) is 17.9. The maximum atomic E-state index is 12.0. The topological polar surface area (TPSA) is 55.2 Å². The van der Waals surface area contributed by atoms with Crippen LogP contribution < -0.4 is 0 Å². The van der Waals surface area contributed by atoms with Crippen LogP contribution in [0.5, 0.6) is 0 Å². The summed E-state index contributed by atoms with van der Waals surface area (Å²) in [6, 6.07) is 0. The van der Waals surface area contributed by atoms with Gasteiger partial charge in [-0.3, -0.25) is 0 Å². The van der Waals surface area contributed by atoms with E-state index in [0.29, 0.717) is 13.1 Å². The van der Waals surface area contributed by atoms with Crippen molar-refractivity contribution in [1.82, 2.24) is 13.9 Å². The summed E-state index contributed by atoms with van der Waals surface area (Å²) in [5, 5.41) is -0.342. The molecule has 2 rings (SSSR count). The van der Waals surface area contributed by atoms with Crippen LogP contribution >= 0.6 is 0 Å². The monoisotopic (exact) mass is 285 g/mol. The molecular weight excluding hydrogens is 262 g/mol. The molecule has 1 saturated heterocycles. The number of hydrogen-bond acceptors (Lipinski definition) is 3. The lowest BCUT2D eigenvalue weighted by Gasteiger charge is -2.38. The van der Waals surface area contributed by atoms with Gasteiger partial charge in [0.1, 0.15) is 5.82 Å². The summed E-state index contributed by atoms with van der Waals surface area (Å²) in [5.74, 6) is 1.28.